The summed E-state index contributed by atoms with van der Waals surface area (Å²) in [6, 6.07) is 9.22. The van der Waals surface area contributed by atoms with Crippen molar-refractivity contribution >= 4 is 11.4 Å². The topological polar surface area (TPSA) is 73.4 Å². The van der Waals surface area contributed by atoms with Crippen LogP contribution < -0.4 is 5.56 Å². The Hall–Kier alpha value is -2.17. The summed E-state index contributed by atoms with van der Waals surface area (Å²) in [5.41, 5.74) is 0.714. The lowest BCUT2D eigenvalue weighted by atomic mass is 10.3. The van der Waals surface area contributed by atoms with E-state index in [4.69, 9.17) is 0 Å². The first kappa shape index (κ1) is 8.43. The zero-order valence-corrected chi connectivity index (χ0v) is 7.27. The van der Waals surface area contributed by atoms with Crippen LogP contribution in [0.25, 0.3) is 0 Å². The molecule has 0 saturated heterocycles. The van der Waals surface area contributed by atoms with Gasteiger partial charge in [0.1, 0.15) is 0 Å². The number of aromatic amines is 2. The van der Waals surface area contributed by atoms with Gasteiger partial charge in [-0.05, 0) is 12.1 Å². The standard InChI is InChI=1S/C9H8N4O/c14-9-8(6-10-13-9)12-11-7-4-2-1-3-5-7/h1-6H,(H2,10,13,14)/b12-11+. The van der Waals surface area contributed by atoms with Crippen LogP contribution in [0.15, 0.2) is 51.6 Å². The maximum absolute atomic E-state index is 11.0. The monoisotopic (exact) mass is 188 g/mol. The van der Waals surface area contributed by atoms with E-state index in [1.807, 2.05) is 30.3 Å². The molecule has 2 rings (SSSR count). The van der Waals surface area contributed by atoms with Gasteiger partial charge in [-0.2, -0.15) is 5.11 Å². The van der Waals surface area contributed by atoms with E-state index in [2.05, 4.69) is 20.4 Å². The van der Waals surface area contributed by atoms with Crippen LogP contribution in [0.5, 0.6) is 0 Å². The third-order valence-electron chi connectivity index (χ3n) is 1.66. The maximum Gasteiger partial charge on any atom is 0.291 e. The molecule has 5 heteroatoms. The molecule has 0 atom stereocenters. The highest BCUT2D eigenvalue weighted by molar-refractivity contribution is 5.37. The van der Waals surface area contributed by atoms with Crippen LogP contribution in [0.2, 0.25) is 0 Å². The molecule has 2 aromatic rings. The number of benzene rings is 1. The van der Waals surface area contributed by atoms with E-state index in [1.165, 1.54) is 6.20 Å². The van der Waals surface area contributed by atoms with Gasteiger partial charge < -0.3 is 5.10 Å². The Morgan fingerprint density at radius 2 is 1.86 bits per heavy atom. The van der Waals surface area contributed by atoms with Crippen LogP contribution in [-0.2, 0) is 0 Å². The lowest BCUT2D eigenvalue weighted by Crippen LogP contribution is -1.96. The minimum atomic E-state index is -0.273. The van der Waals surface area contributed by atoms with E-state index in [0.29, 0.717) is 5.69 Å². The third kappa shape index (κ3) is 1.77. The number of nitrogens with zero attached hydrogens (tertiary/aromatic N) is 2. The second-order valence-electron chi connectivity index (χ2n) is 2.66. The summed E-state index contributed by atoms with van der Waals surface area (Å²) in [7, 11) is 0. The summed E-state index contributed by atoms with van der Waals surface area (Å²) in [6.07, 6.45) is 1.47. The Morgan fingerprint density at radius 3 is 2.50 bits per heavy atom. The number of hydrogen-bond donors (Lipinski definition) is 2. The van der Waals surface area contributed by atoms with Crippen LogP contribution in [0.4, 0.5) is 11.4 Å². The fourth-order valence-electron chi connectivity index (χ4n) is 0.980. The summed E-state index contributed by atoms with van der Waals surface area (Å²) in [5, 5.41) is 12.6. The van der Waals surface area contributed by atoms with Crippen molar-refractivity contribution in [3.63, 3.8) is 0 Å². The first-order valence-corrected chi connectivity index (χ1v) is 4.09. The lowest BCUT2D eigenvalue weighted by molar-refractivity contribution is 1.06. The van der Waals surface area contributed by atoms with E-state index in [0.717, 1.165) is 0 Å². The summed E-state index contributed by atoms with van der Waals surface area (Å²) in [6.45, 7) is 0. The molecule has 0 radical (unpaired) electrons. The first-order valence-electron chi connectivity index (χ1n) is 4.09. The Kier molecular flexibility index (Phi) is 2.22. The molecule has 0 bridgehead atoms. The summed E-state index contributed by atoms with van der Waals surface area (Å²) < 4.78 is 0. The Bertz CT molecular complexity index is 483. The Balaban J connectivity index is 2.24. The van der Waals surface area contributed by atoms with E-state index >= 15 is 0 Å². The van der Waals surface area contributed by atoms with Gasteiger partial charge in [0, 0.05) is 0 Å². The molecule has 0 aliphatic heterocycles. The smallest absolute Gasteiger partial charge is 0.291 e. The highest BCUT2D eigenvalue weighted by atomic mass is 16.1. The molecule has 70 valence electrons. The van der Waals surface area contributed by atoms with Gasteiger partial charge in [-0.1, -0.05) is 18.2 Å². The van der Waals surface area contributed by atoms with Crippen molar-refractivity contribution in [2.24, 2.45) is 10.2 Å². The van der Waals surface area contributed by atoms with Gasteiger partial charge in [0.15, 0.2) is 5.69 Å². The molecule has 0 unspecified atom stereocenters. The molecule has 0 spiro atoms. The molecule has 0 aliphatic carbocycles. The van der Waals surface area contributed by atoms with Gasteiger partial charge in [0.25, 0.3) is 5.56 Å². The molecule has 1 aromatic carbocycles. The van der Waals surface area contributed by atoms with Gasteiger partial charge in [0.05, 0.1) is 11.9 Å². The van der Waals surface area contributed by atoms with Crippen molar-refractivity contribution in [2.75, 3.05) is 0 Å². The fourth-order valence-corrected chi connectivity index (χ4v) is 0.980. The number of rotatable bonds is 2. The second-order valence-corrected chi connectivity index (χ2v) is 2.66. The largest absolute Gasteiger partial charge is 0.303 e. The highest BCUT2D eigenvalue weighted by Crippen LogP contribution is 2.13. The predicted molar refractivity (Wildman–Crippen MR) is 52.0 cm³/mol. The predicted octanol–water partition coefficient (Wildman–Crippen LogP) is 2.12. The second kappa shape index (κ2) is 3.69. The van der Waals surface area contributed by atoms with E-state index in [9.17, 15) is 4.79 Å². The number of hydrogen-bond acceptors (Lipinski definition) is 3. The SMILES string of the molecule is O=c1[nH][nH]cc1/N=N/c1ccccc1. The number of azo groups is 1. The van der Waals surface area contributed by atoms with E-state index < -0.39 is 0 Å². The number of nitrogens with one attached hydrogen (secondary N) is 2. The third-order valence-corrected chi connectivity index (χ3v) is 1.66. The van der Waals surface area contributed by atoms with Crippen molar-refractivity contribution in [1.82, 2.24) is 10.2 Å². The highest BCUT2D eigenvalue weighted by Gasteiger charge is 1.95. The van der Waals surface area contributed by atoms with Gasteiger partial charge in [-0.3, -0.25) is 9.89 Å². The van der Waals surface area contributed by atoms with Crippen LogP contribution in [0.1, 0.15) is 0 Å². The molecule has 0 aliphatic rings. The molecular weight excluding hydrogens is 180 g/mol. The van der Waals surface area contributed by atoms with Crippen molar-refractivity contribution in [1.29, 1.82) is 0 Å². The Labute approximate surface area is 79.5 Å². The van der Waals surface area contributed by atoms with Crippen molar-refractivity contribution in [3.05, 3.63) is 46.9 Å². The van der Waals surface area contributed by atoms with Gasteiger partial charge >= 0.3 is 0 Å². The molecular formula is C9H8N4O. The molecule has 1 heterocycles. The van der Waals surface area contributed by atoms with Gasteiger partial charge in [-0.15, -0.1) is 5.11 Å². The van der Waals surface area contributed by atoms with Crippen LogP contribution in [0, 0.1) is 0 Å². The minimum absolute atomic E-state index is 0.272. The molecule has 1 aromatic heterocycles. The maximum atomic E-state index is 11.0. The molecule has 0 amide bonds. The normalized spacial score (nSPS) is 10.9. The quantitative estimate of drug-likeness (QED) is 0.696. The average molecular weight is 188 g/mol. The van der Waals surface area contributed by atoms with Crippen molar-refractivity contribution in [3.8, 4) is 0 Å². The average Bonchev–Trinajstić information content (AvgIpc) is 2.63. The number of H-pyrrole nitrogens is 2. The lowest BCUT2D eigenvalue weighted by Gasteiger charge is -1.87. The summed E-state index contributed by atoms with van der Waals surface area (Å²) >= 11 is 0. The summed E-state index contributed by atoms with van der Waals surface area (Å²) in [5.74, 6) is 0. The first-order chi connectivity index (χ1) is 6.86. The van der Waals surface area contributed by atoms with E-state index in [1.54, 1.807) is 0 Å². The van der Waals surface area contributed by atoms with Gasteiger partial charge in [-0.25, -0.2) is 0 Å². The molecule has 0 saturated carbocycles. The van der Waals surface area contributed by atoms with Crippen molar-refractivity contribution in [2.45, 2.75) is 0 Å². The zero-order valence-electron chi connectivity index (χ0n) is 7.27. The van der Waals surface area contributed by atoms with Crippen LogP contribution in [0.3, 0.4) is 0 Å². The zero-order chi connectivity index (χ0) is 9.80. The molecule has 0 fully saturated rings. The van der Waals surface area contributed by atoms with Gasteiger partial charge in [0.2, 0.25) is 0 Å². The van der Waals surface area contributed by atoms with Crippen LogP contribution in [-0.4, -0.2) is 10.2 Å². The molecule has 14 heavy (non-hydrogen) atoms. The number of aromatic nitrogens is 2. The summed E-state index contributed by atoms with van der Waals surface area (Å²) in [4.78, 5) is 11.0. The van der Waals surface area contributed by atoms with Crippen LogP contribution >= 0.6 is 0 Å². The van der Waals surface area contributed by atoms with E-state index in [-0.39, 0.29) is 11.2 Å². The van der Waals surface area contributed by atoms with Crippen molar-refractivity contribution < 1.29 is 0 Å². The molecule has 5 nitrogen and oxygen atoms in total. The minimum Gasteiger partial charge on any atom is -0.303 e. The Morgan fingerprint density at radius 1 is 1.07 bits per heavy atom. The molecule has 2 N–H and O–H groups in total. The fraction of sp³-hybridized carbons (Fsp3) is 0.